The summed E-state index contributed by atoms with van der Waals surface area (Å²) < 4.78 is 26.0. The SMILES string of the molecule is Cc1cccc(N(Cc2ccc(C(=O)NCCCN3CCCC3)cc2)S(C)(=O)=O)c1. The molecule has 1 fully saturated rings. The van der Waals surface area contributed by atoms with Crippen LogP contribution in [0.15, 0.2) is 48.5 Å². The summed E-state index contributed by atoms with van der Waals surface area (Å²) in [7, 11) is -3.43. The van der Waals surface area contributed by atoms with Gasteiger partial charge in [-0.1, -0.05) is 24.3 Å². The van der Waals surface area contributed by atoms with Gasteiger partial charge in [-0.05, 0) is 81.2 Å². The molecule has 0 saturated carbocycles. The summed E-state index contributed by atoms with van der Waals surface area (Å²) in [6.45, 7) is 6.18. The van der Waals surface area contributed by atoms with Crippen LogP contribution in [0.5, 0.6) is 0 Å². The standard InChI is InChI=1S/C23H31N3O3S/c1-19-7-5-8-22(17-19)26(30(2,28)29)18-20-9-11-21(12-10-20)23(27)24-13-6-16-25-14-3-4-15-25/h5,7-12,17H,3-4,6,13-16,18H2,1-2H3,(H,24,27). The van der Waals surface area contributed by atoms with Gasteiger partial charge in [-0.15, -0.1) is 0 Å². The van der Waals surface area contributed by atoms with Crippen molar-refractivity contribution < 1.29 is 13.2 Å². The van der Waals surface area contributed by atoms with E-state index in [9.17, 15) is 13.2 Å². The summed E-state index contributed by atoms with van der Waals surface area (Å²) in [5, 5.41) is 2.97. The zero-order valence-electron chi connectivity index (χ0n) is 17.8. The molecule has 1 aliphatic heterocycles. The highest BCUT2D eigenvalue weighted by molar-refractivity contribution is 7.92. The van der Waals surface area contributed by atoms with Crippen molar-refractivity contribution in [2.75, 3.05) is 36.7 Å². The molecule has 7 heteroatoms. The van der Waals surface area contributed by atoms with Crippen molar-refractivity contribution in [1.29, 1.82) is 0 Å². The molecule has 1 N–H and O–H groups in total. The van der Waals surface area contributed by atoms with E-state index in [2.05, 4.69) is 10.2 Å². The fraction of sp³-hybridized carbons (Fsp3) is 0.435. The molecule has 1 aliphatic rings. The maximum Gasteiger partial charge on any atom is 0.251 e. The highest BCUT2D eigenvalue weighted by Gasteiger charge is 2.18. The highest BCUT2D eigenvalue weighted by Crippen LogP contribution is 2.22. The van der Waals surface area contributed by atoms with E-state index >= 15 is 0 Å². The first-order chi connectivity index (χ1) is 14.3. The van der Waals surface area contributed by atoms with E-state index in [0.717, 1.165) is 24.1 Å². The molecule has 1 heterocycles. The summed E-state index contributed by atoms with van der Waals surface area (Å²) in [6.07, 6.45) is 4.71. The van der Waals surface area contributed by atoms with E-state index < -0.39 is 10.0 Å². The molecule has 2 aromatic carbocycles. The van der Waals surface area contributed by atoms with Crippen LogP contribution in [0.1, 0.15) is 40.7 Å². The number of rotatable bonds is 9. The Kier molecular flexibility index (Phi) is 7.50. The summed E-state index contributed by atoms with van der Waals surface area (Å²) in [5.41, 5.74) is 3.05. The van der Waals surface area contributed by atoms with E-state index in [1.807, 2.05) is 37.3 Å². The number of anilines is 1. The zero-order valence-corrected chi connectivity index (χ0v) is 18.6. The molecule has 0 unspecified atom stereocenters. The minimum absolute atomic E-state index is 0.0957. The van der Waals surface area contributed by atoms with Crippen LogP contribution in [0.3, 0.4) is 0 Å². The lowest BCUT2D eigenvalue weighted by Gasteiger charge is -2.23. The van der Waals surface area contributed by atoms with Gasteiger partial charge in [0, 0.05) is 12.1 Å². The molecule has 0 bridgehead atoms. The van der Waals surface area contributed by atoms with E-state index in [1.165, 1.54) is 36.5 Å². The van der Waals surface area contributed by atoms with Crippen LogP contribution < -0.4 is 9.62 Å². The van der Waals surface area contributed by atoms with Gasteiger partial charge in [0.1, 0.15) is 0 Å². The number of hydrogen-bond acceptors (Lipinski definition) is 4. The van der Waals surface area contributed by atoms with Crippen molar-refractivity contribution in [3.63, 3.8) is 0 Å². The molecule has 6 nitrogen and oxygen atoms in total. The Morgan fingerprint density at radius 1 is 1.10 bits per heavy atom. The zero-order chi connectivity index (χ0) is 21.6. The Labute approximate surface area is 179 Å². The number of likely N-dealkylation sites (tertiary alicyclic amines) is 1. The Bertz CT molecular complexity index is 952. The second kappa shape index (κ2) is 10.1. The first-order valence-corrected chi connectivity index (χ1v) is 12.3. The second-order valence-corrected chi connectivity index (χ2v) is 9.87. The van der Waals surface area contributed by atoms with E-state index in [1.54, 1.807) is 18.2 Å². The number of hydrogen-bond donors (Lipinski definition) is 1. The number of carbonyl (C=O) groups is 1. The number of amides is 1. The molecule has 1 saturated heterocycles. The van der Waals surface area contributed by atoms with Gasteiger partial charge in [-0.25, -0.2) is 8.42 Å². The monoisotopic (exact) mass is 429 g/mol. The van der Waals surface area contributed by atoms with Crippen LogP contribution in [0.25, 0.3) is 0 Å². The maximum absolute atomic E-state index is 12.4. The van der Waals surface area contributed by atoms with Gasteiger partial charge in [0.2, 0.25) is 10.0 Å². The Morgan fingerprint density at radius 2 is 1.80 bits per heavy atom. The lowest BCUT2D eigenvalue weighted by molar-refractivity contribution is 0.0952. The van der Waals surface area contributed by atoms with E-state index in [4.69, 9.17) is 0 Å². The van der Waals surface area contributed by atoms with Gasteiger partial charge in [-0.2, -0.15) is 0 Å². The fourth-order valence-electron chi connectivity index (χ4n) is 3.72. The molecular formula is C23H31N3O3S. The molecule has 0 aromatic heterocycles. The van der Waals surface area contributed by atoms with Crippen molar-refractivity contribution >= 4 is 21.6 Å². The smallest absolute Gasteiger partial charge is 0.251 e. The first kappa shape index (κ1) is 22.3. The van der Waals surface area contributed by atoms with Gasteiger partial charge < -0.3 is 10.2 Å². The summed E-state index contributed by atoms with van der Waals surface area (Å²) in [5.74, 6) is -0.0957. The summed E-state index contributed by atoms with van der Waals surface area (Å²) in [4.78, 5) is 14.8. The van der Waals surface area contributed by atoms with Crippen LogP contribution in [0.2, 0.25) is 0 Å². The first-order valence-electron chi connectivity index (χ1n) is 10.5. The molecule has 30 heavy (non-hydrogen) atoms. The molecule has 162 valence electrons. The lowest BCUT2D eigenvalue weighted by atomic mass is 10.1. The predicted octanol–water partition coefficient (Wildman–Crippen LogP) is 3.18. The largest absolute Gasteiger partial charge is 0.352 e. The third kappa shape index (κ3) is 6.31. The molecule has 0 spiro atoms. The van der Waals surface area contributed by atoms with Gasteiger partial charge in [-0.3, -0.25) is 9.10 Å². The second-order valence-electron chi connectivity index (χ2n) is 7.96. The number of sulfonamides is 1. The summed E-state index contributed by atoms with van der Waals surface area (Å²) in [6, 6.07) is 14.6. The third-order valence-electron chi connectivity index (χ3n) is 5.37. The maximum atomic E-state index is 12.4. The van der Waals surface area contributed by atoms with Crippen molar-refractivity contribution in [3.8, 4) is 0 Å². The van der Waals surface area contributed by atoms with Gasteiger partial charge in [0.25, 0.3) is 5.91 Å². The Hall–Kier alpha value is -2.38. The lowest BCUT2D eigenvalue weighted by Crippen LogP contribution is -2.29. The molecule has 3 rings (SSSR count). The average Bonchev–Trinajstić information content (AvgIpc) is 3.22. The number of benzene rings is 2. The van der Waals surface area contributed by atoms with Crippen molar-refractivity contribution in [2.24, 2.45) is 0 Å². The van der Waals surface area contributed by atoms with Crippen molar-refractivity contribution in [3.05, 3.63) is 65.2 Å². The Morgan fingerprint density at radius 3 is 2.43 bits per heavy atom. The van der Waals surface area contributed by atoms with Gasteiger partial charge >= 0.3 is 0 Å². The minimum atomic E-state index is -3.43. The molecule has 2 aromatic rings. The number of carbonyl (C=O) groups excluding carboxylic acids is 1. The van der Waals surface area contributed by atoms with E-state index in [0.29, 0.717) is 17.8 Å². The topological polar surface area (TPSA) is 69.7 Å². The highest BCUT2D eigenvalue weighted by atomic mass is 32.2. The number of nitrogens with one attached hydrogen (secondary N) is 1. The molecule has 0 aliphatic carbocycles. The number of nitrogens with zero attached hydrogens (tertiary/aromatic N) is 2. The predicted molar refractivity (Wildman–Crippen MR) is 121 cm³/mol. The van der Waals surface area contributed by atoms with Gasteiger partial charge in [0.05, 0.1) is 18.5 Å². The quantitative estimate of drug-likeness (QED) is 0.622. The Balaban J connectivity index is 1.57. The minimum Gasteiger partial charge on any atom is -0.352 e. The fourth-order valence-corrected chi connectivity index (χ4v) is 4.60. The summed E-state index contributed by atoms with van der Waals surface area (Å²) >= 11 is 0. The normalized spacial score (nSPS) is 14.6. The van der Waals surface area contributed by atoms with Crippen molar-refractivity contribution in [2.45, 2.75) is 32.7 Å². The van der Waals surface area contributed by atoms with Crippen LogP contribution in [0.4, 0.5) is 5.69 Å². The number of aryl methyl sites for hydroxylation is 1. The molecular weight excluding hydrogens is 398 g/mol. The average molecular weight is 430 g/mol. The van der Waals surface area contributed by atoms with E-state index in [-0.39, 0.29) is 12.5 Å². The molecule has 0 radical (unpaired) electrons. The third-order valence-corrected chi connectivity index (χ3v) is 6.51. The van der Waals surface area contributed by atoms with Crippen LogP contribution in [0, 0.1) is 6.92 Å². The molecule has 0 atom stereocenters. The molecule has 1 amide bonds. The van der Waals surface area contributed by atoms with Crippen LogP contribution in [-0.4, -0.2) is 51.7 Å². The van der Waals surface area contributed by atoms with Crippen LogP contribution in [-0.2, 0) is 16.6 Å². The van der Waals surface area contributed by atoms with Crippen LogP contribution >= 0.6 is 0 Å². The van der Waals surface area contributed by atoms with Crippen molar-refractivity contribution in [1.82, 2.24) is 10.2 Å². The van der Waals surface area contributed by atoms with Gasteiger partial charge in [0.15, 0.2) is 0 Å².